The number of hydrogen-bond acceptors (Lipinski definition) is 4. The lowest BCUT2D eigenvalue weighted by Gasteiger charge is -2.06. The molecule has 0 aliphatic rings. The molecule has 102 valence electrons. The molecular formula is C15H18O4. The molecule has 0 aliphatic heterocycles. The minimum absolute atomic E-state index is 0.0486. The van der Waals surface area contributed by atoms with E-state index in [0.717, 1.165) is 5.56 Å². The summed E-state index contributed by atoms with van der Waals surface area (Å²) >= 11 is 0. The second-order valence-corrected chi connectivity index (χ2v) is 3.79. The highest BCUT2D eigenvalue weighted by Crippen LogP contribution is 2.08. The lowest BCUT2D eigenvalue weighted by Crippen LogP contribution is -2.18. The van der Waals surface area contributed by atoms with Gasteiger partial charge in [-0.1, -0.05) is 30.3 Å². The van der Waals surface area contributed by atoms with Crippen LogP contribution in [0.2, 0.25) is 0 Å². The van der Waals surface area contributed by atoms with E-state index in [1.807, 2.05) is 30.3 Å². The van der Waals surface area contributed by atoms with Crippen LogP contribution in [0.5, 0.6) is 0 Å². The SMILES string of the molecule is CCOC=C(C(=O)Cc1ccccc1)C(=O)OCC. The molecule has 0 aliphatic carbocycles. The van der Waals surface area contributed by atoms with Gasteiger partial charge in [0.15, 0.2) is 5.78 Å². The van der Waals surface area contributed by atoms with Crippen LogP contribution in [0, 0.1) is 0 Å². The summed E-state index contributed by atoms with van der Waals surface area (Å²) in [6, 6.07) is 9.23. The molecule has 1 rings (SSSR count). The van der Waals surface area contributed by atoms with E-state index in [1.54, 1.807) is 13.8 Å². The van der Waals surface area contributed by atoms with E-state index in [1.165, 1.54) is 6.26 Å². The Bertz CT molecular complexity index is 448. The summed E-state index contributed by atoms with van der Waals surface area (Å²) in [6.07, 6.45) is 1.34. The summed E-state index contributed by atoms with van der Waals surface area (Å²) in [5.74, 6) is -0.949. The number of benzene rings is 1. The second-order valence-electron chi connectivity index (χ2n) is 3.79. The number of Topliss-reactive ketones (excluding diaryl/α,β-unsaturated/α-hetero) is 1. The minimum atomic E-state index is -0.642. The van der Waals surface area contributed by atoms with Crippen LogP contribution in [0.3, 0.4) is 0 Å². The molecule has 0 amide bonds. The average Bonchev–Trinajstić information content (AvgIpc) is 2.40. The molecule has 0 N–H and O–H groups in total. The Morgan fingerprint density at radius 2 is 1.79 bits per heavy atom. The zero-order chi connectivity index (χ0) is 14.1. The molecule has 0 unspecified atom stereocenters. The number of carbonyl (C=O) groups excluding carboxylic acids is 2. The van der Waals surface area contributed by atoms with Crippen LogP contribution in [0.25, 0.3) is 0 Å². The average molecular weight is 262 g/mol. The molecule has 4 heteroatoms. The monoisotopic (exact) mass is 262 g/mol. The maximum atomic E-state index is 12.1. The summed E-state index contributed by atoms with van der Waals surface area (Å²) in [5.41, 5.74) is 0.798. The van der Waals surface area contributed by atoms with E-state index in [-0.39, 0.29) is 24.4 Å². The van der Waals surface area contributed by atoms with Crippen LogP contribution in [0.1, 0.15) is 19.4 Å². The van der Waals surface area contributed by atoms with Crippen LogP contribution in [0.4, 0.5) is 0 Å². The Balaban J connectivity index is 2.80. The summed E-state index contributed by atoms with van der Waals surface area (Å²) in [4.78, 5) is 23.8. The van der Waals surface area contributed by atoms with E-state index in [0.29, 0.717) is 6.61 Å². The van der Waals surface area contributed by atoms with Crippen LogP contribution in [0.15, 0.2) is 42.2 Å². The van der Waals surface area contributed by atoms with E-state index in [9.17, 15) is 9.59 Å². The van der Waals surface area contributed by atoms with Gasteiger partial charge in [0.25, 0.3) is 0 Å². The normalized spacial score (nSPS) is 10.9. The molecule has 0 radical (unpaired) electrons. The third kappa shape index (κ3) is 4.95. The topological polar surface area (TPSA) is 52.6 Å². The van der Waals surface area contributed by atoms with Gasteiger partial charge in [-0.05, 0) is 19.4 Å². The van der Waals surface area contributed by atoms with Crippen molar-refractivity contribution in [3.05, 3.63) is 47.7 Å². The van der Waals surface area contributed by atoms with Crippen molar-refractivity contribution in [2.24, 2.45) is 0 Å². The van der Waals surface area contributed by atoms with Gasteiger partial charge in [-0.15, -0.1) is 0 Å². The van der Waals surface area contributed by atoms with Crippen molar-refractivity contribution in [3.8, 4) is 0 Å². The lowest BCUT2D eigenvalue weighted by atomic mass is 10.0. The molecule has 0 saturated heterocycles. The van der Waals surface area contributed by atoms with Gasteiger partial charge in [0.05, 0.1) is 13.2 Å². The molecule has 1 aromatic rings. The maximum Gasteiger partial charge on any atom is 0.344 e. The minimum Gasteiger partial charge on any atom is -0.500 e. The number of rotatable bonds is 7. The first kappa shape index (κ1) is 15.0. The highest BCUT2D eigenvalue weighted by molar-refractivity contribution is 6.17. The second kappa shape index (κ2) is 8.08. The Labute approximate surface area is 113 Å². The highest BCUT2D eigenvalue weighted by atomic mass is 16.5. The van der Waals surface area contributed by atoms with E-state index in [4.69, 9.17) is 9.47 Å². The Hall–Kier alpha value is -2.10. The summed E-state index contributed by atoms with van der Waals surface area (Å²) in [7, 11) is 0. The number of carbonyl (C=O) groups is 2. The van der Waals surface area contributed by atoms with Gasteiger partial charge in [-0.3, -0.25) is 4.79 Å². The molecule has 0 heterocycles. The van der Waals surface area contributed by atoms with Gasteiger partial charge in [-0.2, -0.15) is 0 Å². The fourth-order valence-electron chi connectivity index (χ4n) is 1.48. The van der Waals surface area contributed by atoms with Gasteiger partial charge >= 0.3 is 5.97 Å². The van der Waals surface area contributed by atoms with Crippen molar-refractivity contribution >= 4 is 11.8 Å². The Morgan fingerprint density at radius 3 is 2.37 bits per heavy atom. The van der Waals surface area contributed by atoms with Crippen molar-refractivity contribution in [2.45, 2.75) is 20.3 Å². The van der Waals surface area contributed by atoms with Gasteiger partial charge in [-0.25, -0.2) is 4.79 Å². The first-order valence-corrected chi connectivity index (χ1v) is 6.25. The van der Waals surface area contributed by atoms with Crippen LogP contribution in [-0.4, -0.2) is 25.0 Å². The summed E-state index contributed by atoms with van der Waals surface area (Å²) in [5, 5.41) is 0. The first-order valence-electron chi connectivity index (χ1n) is 6.25. The fraction of sp³-hybridized carbons (Fsp3) is 0.333. The molecule has 1 aromatic carbocycles. The van der Waals surface area contributed by atoms with Crippen LogP contribution in [-0.2, 0) is 25.5 Å². The Kier molecular flexibility index (Phi) is 6.36. The quantitative estimate of drug-likeness (QED) is 0.249. The maximum absolute atomic E-state index is 12.1. The van der Waals surface area contributed by atoms with Crippen molar-refractivity contribution in [3.63, 3.8) is 0 Å². The van der Waals surface area contributed by atoms with Gasteiger partial charge in [0.2, 0.25) is 0 Å². The third-order valence-corrected chi connectivity index (χ3v) is 2.37. The zero-order valence-corrected chi connectivity index (χ0v) is 11.2. The Morgan fingerprint density at radius 1 is 1.11 bits per heavy atom. The molecule has 0 aromatic heterocycles. The standard InChI is InChI=1S/C15H18O4/c1-3-18-11-13(15(17)19-4-2)14(16)10-12-8-6-5-7-9-12/h5-9,11H,3-4,10H2,1-2H3. The van der Waals surface area contributed by atoms with Gasteiger partial charge < -0.3 is 9.47 Å². The molecular weight excluding hydrogens is 244 g/mol. The molecule has 0 spiro atoms. The molecule has 19 heavy (non-hydrogen) atoms. The smallest absolute Gasteiger partial charge is 0.344 e. The first-order chi connectivity index (χ1) is 9.19. The molecule has 0 fully saturated rings. The van der Waals surface area contributed by atoms with E-state index >= 15 is 0 Å². The van der Waals surface area contributed by atoms with Crippen molar-refractivity contribution in [2.75, 3.05) is 13.2 Å². The largest absolute Gasteiger partial charge is 0.500 e. The summed E-state index contributed by atoms with van der Waals surface area (Å²) in [6.45, 7) is 4.08. The lowest BCUT2D eigenvalue weighted by molar-refractivity contribution is -0.140. The van der Waals surface area contributed by atoms with Gasteiger partial charge in [0.1, 0.15) is 11.8 Å². The zero-order valence-electron chi connectivity index (χ0n) is 11.2. The number of esters is 1. The van der Waals surface area contributed by atoms with Gasteiger partial charge in [0, 0.05) is 6.42 Å². The predicted molar refractivity (Wildman–Crippen MR) is 71.5 cm³/mol. The molecule has 0 bridgehead atoms. The fourth-order valence-corrected chi connectivity index (χ4v) is 1.48. The molecule has 4 nitrogen and oxygen atoms in total. The summed E-state index contributed by atoms with van der Waals surface area (Å²) < 4.78 is 9.89. The van der Waals surface area contributed by atoms with Crippen LogP contribution < -0.4 is 0 Å². The molecule has 0 saturated carbocycles. The van der Waals surface area contributed by atoms with Crippen molar-refractivity contribution in [1.82, 2.24) is 0 Å². The van der Waals surface area contributed by atoms with Crippen molar-refractivity contribution < 1.29 is 19.1 Å². The predicted octanol–water partition coefficient (Wildman–Crippen LogP) is 2.28. The number of ketones is 1. The van der Waals surface area contributed by atoms with Crippen LogP contribution >= 0.6 is 0 Å². The number of ether oxygens (including phenoxy) is 2. The number of hydrogen-bond donors (Lipinski definition) is 0. The third-order valence-electron chi connectivity index (χ3n) is 2.37. The van der Waals surface area contributed by atoms with E-state index < -0.39 is 5.97 Å². The molecule has 0 atom stereocenters. The highest BCUT2D eigenvalue weighted by Gasteiger charge is 2.20. The van der Waals surface area contributed by atoms with E-state index in [2.05, 4.69) is 0 Å². The van der Waals surface area contributed by atoms with Crippen molar-refractivity contribution in [1.29, 1.82) is 0 Å².